The normalized spacial score (nSPS) is 15.2. The fraction of sp³-hybridized carbons (Fsp3) is 0.478. The highest BCUT2D eigenvalue weighted by atomic mass is 79.9. The zero-order valence-corrected chi connectivity index (χ0v) is 18.1. The van der Waals surface area contributed by atoms with Crippen molar-refractivity contribution in [3.63, 3.8) is 0 Å². The van der Waals surface area contributed by atoms with Gasteiger partial charge in [0.1, 0.15) is 12.4 Å². The van der Waals surface area contributed by atoms with Gasteiger partial charge in [-0.1, -0.05) is 37.8 Å². The van der Waals surface area contributed by atoms with Crippen LogP contribution in [0.15, 0.2) is 40.9 Å². The molecular weight excluding hydrogens is 421 g/mol. The minimum atomic E-state index is -0.245. The standard InChI is InChI=1S/C23H29BrFNO2/c1-2-27-22-14-18(15-26-20-7-5-3-4-6-8-20)13-21(24)23(22)28-16-17-9-11-19(25)12-10-17/h9-14,20,26H,2-8,15-16H2,1H3. The minimum Gasteiger partial charge on any atom is -0.490 e. The largest absolute Gasteiger partial charge is 0.490 e. The summed E-state index contributed by atoms with van der Waals surface area (Å²) in [6, 6.07) is 11.1. The van der Waals surface area contributed by atoms with Gasteiger partial charge in [0.15, 0.2) is 11.5 Å². The van der Waals surface area contributed by atoms with Crippen LogP contribution in [0, 0.1) is 5.82 Å². The van der Waals surface area contributed by atoms with Crippen molar-refractivity contribution < 1.29 is 13.9 Å². The summed E-state index contributed by atoms with van der Waals surface area (Å²) in [6.07, 6.45) is 7.89. The first kappa shape index (κ1) is 21.1. The molecule has 0 amide bonds. The van der Waals surface area contributed by atoms with Gasteiger partial charge in [-0.25, -0.2) is 4.39 Å². The van der Waals surface area contributed by atoms with Crippen molar-refractivity contribution in [2.75, 3.05) is 6.61 Å². The Morgan fingerprint density at radius 2 is 1.71 bits per heavy atom. The van der Waals surface area contributed by atoms with Crippen LogP contribution in [-0.2, 0) is 13.2 Å². The average molecular weight is 450 g/mol. The summed E-state index contributed by atoms with van der Waals surface area (Å²) in [5.41, 5.74) is 2.09. The Bertz CT molecular complexity index is 743. The Morgan fingerprint density at radius 1 is 1.00 bits per heavy atom. The first-order valence-electron chi connectivity index (χ1n) is 10.2. The zero-order valence-electron chi connectivity index (χ0n) is 16.5. The molecule has 0 aliphatic heterocycles. The molecule has 2 aromatic carbocycles. The lowest BCUT2D eigenvalue weighted by Gasteiger charge is -2.19. The molecule has 1 saturated carbocycles. The van der Waals surface area contributed by atoms with E-state index in [2.05, 4.69) is 33.4 Å². The Kier molecular flexibility index (Phi) is 8.16. The molecule has 5 heteroatoms. The third-order valence-corrected chi connectivity index (χ3v) is 5.70. The molecule has 1 fully saturated rings. The Hall–Kier alpha value is -1.59. The van der Waals surface area contributed by atoms with Crippen LogP contribution in [-0.4, -0.2) is 12.6 Å². The van der Waals surface area contributed by atoms with Crippen LogP contribution >= 0.6 is 15.9 Å². The molecular formula is C23H29BrFNO2. The Balaban J connectivity index is 1.67. The third kappa shape index (κ3) is 6.21. The highest BCUT2D eigenvalue weighted by Crippen LogP contribution is 2.37. The molecule has 1 N–H and O–H groups in total. The molecule has 0 heterocycles. The minimum absolute atomic E-state index is 0.245. The summed E-state index contributed by atoms with van der Waals surface area (Å²) >= 11 is 3.64. The van der Waals surface area contributed by atoms with Gasteiger partial charge < -0.3 is 14.8 Å². The van der Waals surface area contributed by atoms with Gasteiger partial charge in [0, 0.05) is 12.6 Å². The van der Waals surface area contributed by atoms with E-state index in [4.69, 9.17) is 9.47 Å². The lowest BCUT2D eigenvalue weighted by atomic mass is 10.1. The highest BCUT2D eigenvalue weighted by molar-refractivity contribution is 9.10. The average Bonchev–Trinajstić information content (AvgIpc) is 2.96. The van der Waals surface area contributed by atoms with Crippen molar-refractivity contribution in [3.05, 3.63) is 57.8 Å². The summed E-state index contributed by atoms with van der Waals surface area (Å²) in [6.45, 7) is 3.72. The third-order valence-electron chi connectivity index (χ3n) is 5.12. The van der Waals surface area contributed by atoms with Crippen LogP contribution in [0.2, 0.25) is 0 Å². The molecule has 3 nitrogen and oxygen atoms in total. The fourth-order valence-electron chi connectivity index (χ4n) is 3.61. The molecule has 3 rings (SSSR count). The molecule has 0 saturated heterocycles. The van der Waals surface area contributed by atoms with Crippen LogP contribution in [0.25, 0.3) is 0 Å². The number of hydrogen-bond donors (Lipinski definition) is 1. The van der Waals surface area contributed by atoms with E-state index in [0.29, 0.717) is 25.0 Å². The van der Waals surface area contributed by atoms with Crippen molar-refractivity contribution in [3.8, 4) is 11.5 Å². The molecule has 1 aliphatic carbocycles. The molecule has 0 aromatic heterocycles. The van der Waals surface area contributed by atoms with Crippen molar-refractivity contribution in [2.24, 2.45) is 0 Å². The molecule has 0 unspecified atom stereocenters. The lowest BCUT2D eigenvalue weighted by Crippen LogP contribution is -2.27. The number of benzene rings is 2. The van der Waals surface area contributed by atoms with E-state index < -0.39 is 0 Å². The SMILES string of the molecule is CCOc1cc(CNC2CCCCCC2)cc(Br)c1OCc1ccc(F)cc1. The van der Waals surface area contributed by atoms with Gasteiger partial charge in [-0.05, 0) is 71.1 Å². The van der Waals surface area contributed by atoms with Crippen molar-refractivity contribution in [1.29, 1.82) is 0 Å². The number of ether oxygens (including phenoxy) is 2. The van der Waals surface area contributed by atoms with Crippen LogP contribution in [0.5, 0.6) is 11.5 Å². The van der Waals surface area contributed by atoms with Gasteiger partial charge in [0.2, 0.25) is 0 Å². The molecule has 0 atom stereocenters. The highest BCUT2D eigenvalue weighted by Gasteiger charge is 2.15. The van der Waals surface area contributed by atoms with E-state index >= 15 is 0 Å². The van der Waals surface area contributed by atoms with E-state index in [-0.39, 0.29) is 5.82 Å². The molecule has 0 radical (unpaired) electrons. The van der Waals surface area contributed by atoms with Gasteiger partial charge in [-0.15, -0.1) is 0 Å². The molecule has 28 heavy (non-hydrogen) atoms. The maximum Gasteiger partial charge on any atom is 0.175 e. The number of nitrogens with one attached hydrogen (secondary N) is 1. The van der Waals surface area contributed by atoms with E-state index in [1.165, 1.54) is 56.2 Å². The quantitative estimate of drug-likeness (QED) is 0.474. The topological polar surface area (TPSA) is 30.5 Å². The van der Waals surface area contributed by atoms with E-state index in [1.807, 2.05) is 6.92 Å². The Labute approximate surface area is 175 Å². The van der Waals surface area contributed by atoms with Crippen molar-refractivity contribution in [2.45, 2.75) is 64.6 Å². The summed E-state index contributed by atoms with van der Waals surface area (Å²) in [5, 5.41) is 3.70. The first-order chi connectivity index (χ1) is 13.7. The van der Waals surface area contributed by atoms with Gasteiger partial charge in [0.25, 0.3) is 0 Å². The van der Waals surface area contributed by atoms with E-state index in [0.717, 1.165) is 22.3 Å². The smallest absolute Gasteiger partial charge is 0.175 e. The maximum absolute atomic E-state index is 13.1. The summed E-state index contributed by atoms with van der Waals surface area (Å²) < 4.78 is 25.8. The predicted molar refractivity (Wildman–Crippen MR) is 114 cm³/mol. The van der Waals surface area contributed by atoms with Crippen LogP contribution < -0.4 is 14.8 Å². The maximum atomic E-state index is 13.1. The van der Waals surface area contributed by atoms with Crippen molar-refractivity contribution >= 4 is 15.9 Å². The monoisotopic (exact) mass is 449 g/mol. The zero-order chi connectivity index (χ0) is 19.8. The first-order valence-corrected chi connectivity index (χ1v) is 11.0. The summed E-state index contributed by atoms with van der Waals surface area (Å²) in [4.78, 5) is 0. The van der Waals surface area contributed by atoms with Crippen LogP contribution in [0.3, 0.4) is 0 Å². The van der Waals surface area contributed by atoms with Gasteiger partial charge in [0.05, 0.1) is 11.1 Å². The van der Waals surface area contributed by atoms with Gasteiger partial charge in [-0.3, -0.25) is 0 Å². The predicted octanol–water partition coefficient (Wildman–Crippen LogP) is 6.38. The molecule has 2 aromatic rings. The van der Waals surface area contributed by atoms with Crippen LogP contribution in [0.4, 0.5) is 4.39 Å². The molecule has 0 spiro atoms. The molecule has 152 valence electrons. The fourth-order valence-corrected chi connectivity index (χ4v) is 4.21. The second-order valence-corrected chi connectivity index (χ2v) is 8.18. The van der Waals surface area contributed by atoms with Gasteiger partial charge >= 0.3 is 0 Å². The van der Waals surface area contributed by atoms with Crippen LogP contribution in [0.1, 0.15) is 56.6 Å². The summed E-state index contributed by atoms with van der Waals surface area (Å²) in [5.74, 6) is 1.17. The van der Waals surface area contributed by atoms with Gasteiger partial charge in [-0.2, -0.15) is 0 Å². The van der Waals surface area contributed by atoms with Crippen molar-refractivity contribution in [1.82, 2.24) is 5.32 Å². The number of hydrogen-bond acceptors (Lipinski definition) is 3. The van der Waals surface area contributed by atoms with E-state index in [1.54, 1.807) is 12.1 Å². The Morgan fingerprint density at radius 3 is 2.39 bits per heavy atom. The number of rotatable bonds is 8. The van der Waals surface area contributed by atoms with E-state index in [9.17, 15) is 4.39 Å². The second kappa shape index (κ2) is 10.8. The summed E-state index contributed by atoms with van der Waals surface area (Å²) in [7, 11) is 0. The second-order valence-electron chi connectivity index (χ2n) is 7.32. The number of halogens is 2. The molecule has 0 bridgehead atoms. The lowest BCUT2D eigenvalue weighted by molar-refractivity contribution is 0.267. The molecule has 1 aliphatic rings.